The molecule has 0 saturated heterocycles. The van der Waals surface area contributed by atoms with Crippen LogP contribution < -0.4 is 5.32 Å². The van der Waals surface area contributed by atoms with Crippen LogP contribution in [0.1, 0.15) is 34.9 Å². The second kappa shape index (κ2) is 7.02. The molecule has 26 heavy (non-hydrogen) atoms. The van der Waals surface area contributed by atoms with Gasteiger partial charge in [0, 0.05) is 17.8 Å². The lowest BCUT2D eigenvalue weighted by Crippen LogP contribution is -2.41. The molecule has 4 rings (SSSR count). The van der Waals surface area contributed by atoms with Gasteiger partial charge in [0.2, 0.25) is 0 Å². The lowest BCUT2D eigenvalue weighted by atomic mass is 9.75. The Labute approximate surface area is 156 Å². The van der Waals surface area contributed by atoms with Gasteiger partial charge in [-0.3, -0.25) is 9.78 Å². The quantitative estimate of drug-likeness (QED) is 0.739. The fraction of sp³-hybridized carbons (Fsp3) is 0.250. The van der Waals surface area contributed by atoms with Gasteiger partial charge in [-0.05, 0) is 48.6 Å². The van der Waals surface area contributed by atoms with Crippen molar-refractivity contribution in [1.29, 1.82) is 0 Å². The second-order valence-corrected chi connectivity index (χ2v) is 7.10. The van der Waals surface area contributed by atoms with Gasteiger partial charge in [-0.15, -0.1) is 0 Å². The number of hydrogen-bond acceptors (Lipinski definition) is 4. The maximum Gasteiger partial charge on any atom is 0.270 e. The Balaban J connectivity index is 1.63. The molecule has 3 aromatic rings. The summed E-state index contributed by atoms with van der Waals surface area (Å²) < 4.78 is 0. The van der Waals surface area contributed by atoms with Crippen LogP contribution in [0, 0.1) is 5.92 Å². The van der Waals surface area contributed by atoms with Crippen molar-refractivity contribution in [3.05, 3.63) is 71.1 Å². The maximum atomic E-state index is 12.6. The molecule has 1 atom stereocenters. The monoisotopic (exact) mass is 367 g/mol. The minimum atomic E-state index is -0.304. The number of pyridine rings is 2. The molecular formula is C20H18ClN3O2. The van der Waals surface area contributed by atoms with Crippen molar-refractivity contribution in [1.82, 2.24) is 15.3 Å². The first-order valence-corrected chi connectivity index (χ1v) is 8.93. The van der Waals surface area contributed by atoms with E-state index in [0.717, 1.165) is 16.5 Å². The highest BCUT2D eigenvalue weighted by atomic mass is 35.5. The molecule has 0 aliphatic heterocycles. The zero-order valence-electron chi connectivity index (χ0n) is 14.0. The van der Waals surface area contributed by atoms with Gasteiger partial charge in [0.15, 0.2) is 0 Å². The molecule has 0 bridgehead atoms. The van der Waals surface area contributed by atoms with Gasteiger partial charge >= 0.3 is 0 Å². The third-order valence-corrected chi connectivity index (χ3v) is 5.06. The highest BCUT2D eigenvalue weighted by molar-refractivity contribution is 6.30. The van der Waals surface area contributed by atoms with Crippen LogP contribution in [-0.2, 0) is 0 Å². The van der Waals surface area contributed by atoms with Gasteiger partial charge in [0.1, 0.15) is 5.69 Å². The second-order valence-electron chi connectivity index (χ2n) is 6.66. The zero-order valence-corrected chi connectivity index (χ0v) is 14.7. The minimum absolute atomic E-state index is 0.171. The number of aromatic nitrogens is 2. The van der Waals surface area contributed by atoms with Crippen LogP contribution >= 0.6 is 11.6 Å². The number of hydrogen-bond donors (Lipinski definition) is 2. The first-order valence-electron chi connectivity index (χ1n) is 8.55. The number of halogens is 1. The van der Waals surface area contributed by atoms with Crippen molar-refractivity contribution in [2.45, 2.75) is 25.0 Å². The van der Waals surface area contributed by atoms with Crippen molar-refractivity contribution in [3.63, 3.8) is 0 Å². The molecule has 2 N–H and O–H groups in total. The summed E-state index contributed by atoms with van der Waals surface area (Å²) in [7, 11) is 0. The number of benzene rings is 1. The van der Waals surface area contributed by atoms with Gasteiger partial charge in [0.25, 0.3) is 5.91 Å². The molecule has 2 heterocycles. The molecule has 2 aromatic heterocycles. The van der Waals surface area contributed by atoms with Crippen LogP contribution in [-0.4, -0.2) is 27.1 Å². The Bertz CT molecular complexity index is 939. The molecule has 0 spiro atoms. The molecule has 6 heteroatoms. The molecule has 1 unspecified atom stereocenters. The van der Waals surface area contributed by atoms with Crippen LogP contribution in [0.3, 0.4) is 0 Å². The molecular weight excluding hydrogens is 350 g/mol. The fourth-order valence-electron chi connectivity index (χ4n) is 3.36. The fourth-order valence-corrected chi connectivity index (χ4v) is 3.47. The summed E-state index contributed by atoms with van der Waals surface area (Å²) >= 11 is 5.84. The maximum absolute atomic E-state index is 12.6. The number of rotatable bonds is 4. The average molecular weight is 368 g/mol. The molecule has 1 fully saturated rings. The number of nitrogens with zero attached hydrogens (tertiary/aromatic N) is 2. The predicted molar refractivity (Wildman–Crippen MR) is 99.9 cm³/mol. The van der Waals surface area contributed by atoms with E-state index in [0.29, 0.717) is 23.6 Å². The van der Waals surface area contributed by atoms with E-state index in [1.54, 1.807) is 18.3 Å². The molecule has 132 valence electrons. The van der Waals surface area contributed by atoms with E-state index >= 15 is 0 Å². The van der Waals surface area contributed by atoms with Crippen LogP contribution in [0.5, 0.6) is 0 Å². The highest BCUT2D eigenvalue weighted by Gasteiger charge is 2.36. The van der Waals surface area contributed by atoms with Crippen molar-refractivity contribution in [2.75, 3.05) is 0 Å². The summed E-state index contributed by atoms with van der Waals surface area (Å²) in [4.78, 5) is 21.2. The Morgan fingerprint density at radius 1 is 1.15 bits per heavy atom. The lowest BCUT2D eigenvalue weighted by Gasteiger charge is -2.38. The van der Waals surface area contributed by atoms with Gasteiger partial charge in [-0.1, -0.05) is 29.8 Å². The minimum Gasteiger partial charge on any atom is -0.393 e. The standard InChI is InChI=1S/C20H18ClN3O2/c21-15-5-6-18(23-11-15)20(26)24-19(13-8-16(25)9-13)14-7-12-3-1-2-4-17(12)22-10-14/h1-7,10-11,13,16,19,25H,8-9H2,(H,24,26). The number of fused-ring (bicyclic) bond motifs is 1. The summed E-state index contributed by atoms with van der Waals surface area (Å²) in [6, 6.07) is 12.9. The van der Waals surface area contributed by atoms with E-state index < -0.39 is 0 Å². The van der Waals surface area contributed by atoms with E-state index in [4.69, 9.17) is 11.6 Å². The van der Waals surface area contributed by atoms with E-state index in [2.05, 4.69) is 15.3 Å². The summed E-state index contributed by atoms with van der Waals surface area (Å²) in [6.07, 6.45) is 4.27. The first-order chi connectivity index (χ1) is 12.6. The summed E-state index contributed by atoms with van der Waals surface area (Å²) in [6.45, 7) is 0. The Morgan fingerprint density at radius 3 is 2.69 bits per heavy atom. The summed E-state index contributed by atoms with van der Waals surface area (Å²) in [5.41, 5.74) is 2.16. The zero-order chi connectivity index (χ0) is 18.1. The van der Waals surface area contributed by atoms with Crippen molar-refractivity contribution in [3.8, 4) is 0 Å². The molecule has 1 aromatic carbocycles. The number of para-hydroxylation sites is 1. The number of nitrogens with one attached hydrogen (secondary N) is 1. The average Bonchev–Trinajstić information content (AvgIpc) is 2.64. The Kier molecular flexibility index (Phi) is 4.57. The van der Waals surface area contributed by atoms with Gasteiger partial charge in [0.05, 0.1) is 22.7 Å². The predicted octanol–water partition coefficient (Wildman–Crippen LogP) is 3.53. The third kappa shape index (κ3) is 3.41. The summed E-state index contributed by atoms with van der Waals surface area (Å²) in [5, 5.41) is 14.3. The Hall–Kier alpha value is -2.50. The smallest absolute Gasteiger partial charge is 0.270 e. The number of amides is 1. The third-order valence-electron chi connectivity index (χ3n) is 4.84. The topological polar surface area (TPSA) is 75.1 Å². The lowest BCUT2D eigenvalue weighted by molar-refractivity contribution is 0.0234. The van der Waals surface area contributed by atoms with Gasteiger partial charge < -0.3 is 10.4 Å². The SMILES string of the molecule is O=C(NC(c1cnc2ccccc2c1)C1CC(O)C1)c1ccc(Cl)cn1. The number of aliphatic hydroxyl groups excluding tert-OH is 1. The van der Waals surface area contributed by atoms with Crippen molar-refractivity contribution in [2.24, 2.45) is 5.92 Å². The van der Waals surface area contributed by atoms with Crippen molar-refractivity contribution >= 4 is 28.4 Å². The molecule has 1 saturated carbocycles. The summed E-state index contributed by atoms with van der Waals surface area (Å²) in [5.74, 6) is -0.0922. The van der Waals surface area contributed by atoms with Gasteiger partial charge in [-0.25, -0.2) is 4.98 Å². The van der Waals surface area contributed by atoms with Crippen molar-refractivity contribution < 1.29 is 9.90 Å². The number of carbonyl (C=O) groups is 1. The largest absolute Gasteiger partial charge is 0.393 e. The molecule has 1 aliphatic carbocycles. The Morgan fingerprint density at radius 2 is 1.96 bits per heavy atom. The molecule has 0 radical (unpaired) electrons. The molecule has 5 nitrogen and oxygen atoms in total. The van der Waals surface area contributed by atoms with Crippen LogP contribution in [0.25, 0.3) is 10.9 Å². The van der Waals surface area contributed by atoms with E-state index in [-0.39, 0.29) is 24.0 Å². The van der Waals surface area contributed by atoms with Crippen LogP contribution in [0.4, 0.5) is 0 Å². The van der Waals surface area contributed by atoms with E-state index in [1.807, 2.05) is 30.3 Å². The molecule has 1 amide bonds. The van der Waals surface area contributed by atoms with Gasteiger partial charge in [-0.2, -0.15) is 0 Å². The number of carbonyl (C=O) groups excluding carboxylic acids is 1. The number of aliphatic hydroxyl groups is 1. The van der Waals surface area contributed by atoms with E-state index in [1.165, 1.54) is 6.20 Å². The normalized spacial score (nSPS) is 20.4. The van der Waals surface area contributed by atoms with Crippen LogP contribution in [0.15, 0.2) is 54.9 Å². The first kappa shape index (κ1) is 16.9. The van der Waals surface area contributed by atoms with Crippen LogP contribution in [0.2, 0.25) is 5.02 Å². The molecule has 1 aliphatic rings. The highest BCUT2D eigenvalue weighted by Crippen LogP contribution is 2.38. The van der Waals surface area contributed by atoms with E-state index in [9.17, 15) is 9.90 Å².